The topological polar surface area (TPSA) is 142 Å². The lowest BCUT2D eigenvalue weighted by atomic mass is 9.52. The molecule has 3 aliphatic rings. The summed E-state index contributed by atoms with van der Waals surface area (Å²) in [6.07, 6.45) is 11.7. The van der Waals surface area contributed by atoms with Crippen LogP contribution in [0.5, 0.6) is 0 Å². The minimum absolute atomic E-state index is 0. The molecular weight excluding hydrogens is 556 g/mol. The van der Waals surface area contributed by atoms with Crippen molar-refractivity contribution in [3.05, 3.63) is 35.5 Å². The average molecular weight is 613 g/mol. The molecule has 1 fully saturated rings. The van der Waals surface area contributed by atoms with Crippen LogP contribution >= 0.6 is 0 Å². The van der Waals surface area contributed by atoms with E-state index in [1.165, 1.54) is 12.5 Å². The molecule has 0 amide bonds. The molecule has 0 aromatic carbocycles. The summed E-state index contributed by atoms with van der Waals surface area (Å²) in [5.41, 5.74) is 2.61. The zero-order chi connectivity index (χ0) is 31.9. The molecule has 0 heterocycles. The van der Waals surface area contributed by atoms with Crippen molar-refractivity contribution in [2.75, 3.05) is 0 Å². The Morgan fingerprint density at radius 3 is 2.24 bits per heavy atom. The first-order chi connectivity index (χ1) is 19.0. The minimum atomic E-state index is -4.51. The van der Waals surface area contributed by atoms with Gasteiger partial charge in [-0.05, 0) is 84.8 Å². The standard InChI is InChI=1S/C29H46O7S.C2H6.C2H2.H2O/c1-17(2)18(3)9-10-19(4)20(5)29(35-22(7)30)16-26(31)27-25(21(29)6)12-11-23-15-24(36-37(32,33)34)13-14-28(23,27)8;2*1-2;/h17,19-20,23-24,26,31H,3,6,9-16H2,1-2,4-5,7-8H3,(H,32,33,34);1-2H3;1-2H;1H2/t19-,20?,23?,24-,26-,28-,29-;;;/m0.../s1. The normalized spacial score (nSPS) is 30.1. The molecule has 0 spiro atoms. The Labute approximate surface area is 255 Å². The van der Waals surface area contributed by atoms with Gasteiger partial charge in [-0.2, -0.15) is 8.42 Å². The molecule has 0 aromatic rings. The molecule has 0 bridgehead atoms. The third-order valence-electron chi connectivity index (χ3n) is 9.73. The highest BCUT2D eigenvalue weighted by Crippen LogP contribution is 2.60. The summed E-state index contributed by atoms with van der Waals surface area (Å²) in [7, 11) is -4.51. The number of aliphatic hydroxyl groups is 1. The number of rotatable bonds is 9. The largest absolute Gasteiger partial charge is 0.454 e. The van der Waals surface area contributed by atoms with Crippen molar-refractivity contribution in [1.82, 2.24) is 0 Å². The summed E-state index contributed by atoms with van der Waals surface area (Å²) in [6, 6.07) is 0. The fourth-order valence-electron chi connectivity index (χ4n) is 7.20. The van der Waals surface area contributed by atoms with Crippen LogP contribution < -0.4 is 0 Å². The summed E-state index contributed by atoms with van der Waals surface area (Å²) in [5, 5.41) is 11.7. The molecule has 9 heteroatoms. The van der Waals surface area contributed by atoms with Crippen molar-refractivity contribution < 1.29 is 37.3 Å². The van der Waals surface area contributed by atoms with Crippen LogP contribution in [0.1, 0.15) is 107 Å². The maximum atomic E-state index is 12.4. The number of hydrogen-bond donors (Lipinski definition) is 2. The molecule has 1 saturated carbocycles. The van der Waals surface area contributed by atoms with E-state index in [0.29, 0.717) is 31.6 Å². The van der Waals surface area contributed by atoms with E-state index in [2.05, 4.69) is 60.6 Å². The number of carbonyl (C=O) groups is 1. The molecule has 0 aromatic heterocycles. The quantitative estimate of drug-likeness (QED) is 0.133. The van der Waals surface area contributed by atoms with Crippen molar-refractivity contribution in [1.29, 1.82) is 0 Å². The lowest BCUT2D eigenvalue weighted by molar-refractivity contribution is -0.164. The highest BCUT2D eigenvalue weighted by atomic mass is 32.3. The smallest absolute Gasteiger partial charge is 0.397 e. The number of esters is 1. The predicted molar refractivity (Wildman–Crippen MR) is 169 cm³/mol. The molecular formula is C33H56O8S. The van der Waals surface area contributed by atoms with Crippen molar-refractivity contribution >= 4 is 16.4 Å². The molecule has 4 N–H and O–H groups in total. The lowest BCUT2D eigenvalue weighted by Gasteiger charge is -2.56. The average Bonchev–Trinajstić information content (AvgIpc) is 2.90. The van der Waals surface area contributed by atoms with E-state index < -0.39 is 28.2 Å². The number of terminal acetylenes is 1. The molecule has 0 aliphatic heterocycles. The van der Waals surface area contributed by atoms with Gasteiger partial charge in [-0.3, -0.25) is 9.35 Å². The monoisotopic (exact) mass is 612 g/mol. The van der Waals surface area contributed by atoms with Crippen LogP contribution in [0.15, 0.2) is 35.5 Å². The zero-order valence-corrected chi connectivity index (χ0v) is 27.9. The van der Waals surface area contributed by atoms with Gasteiger partial charge in [0, 0.05) is 19.3 Å². The second-order valence-electron chi connectivity index (χ2n) is 12.3. The predicted octanol–water partition coefficient (Wildman–Crippen LogP) is 6.41. The van der Waals surface area contributed by atoms with Gasteiger partial charge in [0.25, 0.3) is 0 Å². The van der Waals surface area contributed by atoms with E-state index in [4.69, 9.17) is 13.5 Å². The van der Waals surface area contributed by atoms with Gasteiger partial charge in [-0.1, -0.05) is 67.2 Å². The van der Waals surface area contributed by atoms with Crippen LogP contribution in [0.25, 0.3) is 0 Å². The van der Waals surface area contributed by atoms with Crippen LogP contribution in [0, 0.1) is 41.9 Å². The van der Waals surface area contributed by atoms with Gasteiger partial charge < -0.3 is 15.3 Å². The molecule has 0 saturated heterocycles. The van der Waals surface area contributed by atoms with Crippen molar-refractivity contribution in [2.24, 2.45) is 29.1 Å². The van der Waals surface area contributed by atoms with Crippen LogP contribution in [-0.2, 0) is 24.1 Å². The molecule has 3 aliphatic carbocycles. The third kappa shape index (κ3) is 8.79. The highest BCUT2D eigenvalue weighted by Gasteiger charge is 2.56. The van der Waals surface area contributed by atoms with Gasteiger partial charge in [0.15, 0.2) is 0 Å². The molecule has 42 heavy (non-hydrogen) atoms. The fraction of sp³-hybridized carbons (Fsp3) is 0.727. The van der Waals surface area contributed by atoms with Crippen molar-refractivity contribution in [2.45, 2.75) is 125 Å². The van der Waals surface area contributed by atoms with E-state index in [1.807, 2.05) is 13.8 Å². The SMILES string of the molecule is C#C.C=C(CC[C@H](C)C(C)[C@@]1(OC(C)=O)C[C@H](O)C2=C(CCC3C[C@@H](OS(=O)(=O)O)CC[C@]23C)C1=C)C(C)C.CC.O. The van der Waals surface area contributed by atoms with E-state index in [-0.39, 0.29) is 41.0 Å². The van der Waals surface area contributed by atoms with E-state index in [9.17, 15) is 18.3 Å². The van der Waals surface area contributed by atoms with Gasteiger partial charge in [0.05, 0.1) is 12.2 Å². The molecule has 242 valence electrons. The Bertz CT molecular complexity index is 1100. The first kappa shape index (κ1) is 40.0. The summed E-state index contributed by atoms with van der Waals surface area (Å²) >= 11 is 0. The number of allylic oxidation sites excluding steroid dienone is 1. The number of ether oxygens (including phenoxy) is 1. The van der Waals surface area contributed by atoms with Crippen molar-refractivity contribution in [3.8, 4) is 12.8 Å². The summed E-state index contributed by atoms with van der Waals surface area (Å²) in [4.78, 5) is 12.4. The van der Waals surface area contributed by atoms with Gasteiger partial charge in [0.2, 0.25) is 0 Å². The second kappa shape index (κ2) is 16.2. The third-order valence-corrected chi connectivity index (χ3v) is 10.2. The summed E-state index contributed by atoms with van der Waals surface area (Å²) in [5.74, 6) is 0.288. The van der Waals surface area contributed by atoms with E-state index >= 15 is 0 Å². The fourth-order valence-corrected chi connectivity index (χ4v) is 7.72. The minimum Gasteiger partial charge on any atom is -0.454 e. The Morgan fingerprint density at radius 1 is 1.17 bits per heavy atom. The molecule has 2 unspecified atom stereocenters. The lowest BCUT2D eigenvalue weighted by Crippen LogP contribution is -2.55. The van der Waals surface area contributed by atoms with Crippen LogP contribution in [0.4, 0.5) is 0 Å². The van der Waals surface area contributed by atoms with Gasteiger partial charge in [0.1, 0.15) is 5.60 Å². The molecule has 8 nitrogen and oxygen atoms in total. The van der Waals surface area contributed by atoms with Crippen LogP contribution in [-0.4, -0.2) is 47.3 Å². The first-order valence-corrected chi connectivity index (χ1v) is 16.4. The van der Waals surface area contributed by atoms with E-state index in [0.717, 1.165) is 36.0 Å². The maximum Gasteiger partial charge on any atom is 0.397 e. The number of hydrogen-bond acceptors (Lipinski definition) is 6. The Morgan fingerprint density at radius 2 is 1.74 bits per heavy atom. The summed E-state index contributed by atoms with van der Waals surface area (Å²) < 4.78 is 42.8. The number of aliphatic hydroxyl groups excluding tert-OH is 1. The first-order valence-electron chi connectivity index (χ1n) is 15.0. The van der Waals surface area contributed by atoms with Crippen LogP contribution in [0.2, 0.25) is 0 Å². The Kier molecular flexibility index (Phi) is 15.5. The maximum absolute atomic E-state index is 12.4. The van der Waals surface area contributed by atoms with Gasteiger partial charge in [-0.15, -0.1) is 12.8 Å². The Hall–Kier alpha value is -1.96. The molecule has 0 radical (unpaired) electrons. The van der Waals surface area contributed by atoms with Crippen molar-refractivity contribution in [3.63, 3.8) is 0 Å². The van der Waals surface area contributed by atoms with Crippen LogP contribution in [0.3, 0.4) is 0 Å². The second-order valence-corrected chi connectivity index (χ2v) is 13.3. The Balaban J connectivity index is 0.00000322. The molecule has 7 atom stereocenters. The number of fused-ring (bicyclic) bond motifs is 2. The zero-order valence-electron chi connectivity index (χ0n) is 27.0. The van der Waals surface area contributed by atoms with E-state index in [1.54, 1.807) is 0 Å². The summed E-state index contributed by atoms with van der Waals surface area (Å²) in [6.45, 7) is 24.8. The molecule has 3 rings (SSSR count). The van der Waals surface area contributed by atoms with Gasteiger partial charge in [-0.25, -0.2) is 4.18 Å². The highest BCUT2D eigenvalue weighted by molar-refractivity contribution is 7.80. The van der Waals surface area contributed by atoms with Gasteiger partial charge >= 0.3 is 16.4 Å². The number of carbonyl (C=O) groups excluding carboxylic acids is 1.